The molecule has 1 spiro atoms. The van der Waals surface area contributed by atoms with Crippen LogP contribution in [0.2, 0.25) is 5.15 Å². The fourth-order valence-corrected chi connectivity index (χ4v) is 4.50. The van der Waals surface area contributed by atoms with Gasteiger partial charge in [0.1, 0.15) is 22.3 Å². The van der Waals surface area contributed by atoms with Gasteiger partial charge in [-0.3, -0.25) is 4.99 Å². The number of thioether (sulfide) groups is 1. The Labute approximate surface area is 151 Å². The summed E-state index contributed by atoms with van der Waals surface area (Å²) in [4.78, 5) is 9.07. The summed E-state index contributed by atoms with van der Waals surface area (Å²) in [6.07, 6.45) is 2.49. The number of rotatable bonds is 0. The topological polar surface area (TPSA) is 60.5 Å². The summed E-state index contributed by atoms with van der Waals surface area (Å²) in [5.74, 6) is 3.80. The van der Waals surface area contributed by atoms with Crippen LogP contribution in [0.5, 0.6) is 11.5 Å². The molecule has 4 nitrogen and oxygen atoms in total. The van der Waals surface area contributed by atoms with Crippen LogP contribution in [-0.4, -0.2) is 22.3 Å². The minimum Gasteiger partial charge on any atom is -0.455 e. The lowest BCUT2D eigenvalue weighted by molar-refractivity contribution is 0.390. The highest BCUT2D eigenvalue weighted by Crippen LogP contribution is 2.52. The molecule has 2 aliphatic heterocycles. The van der Waals surface area contributed by atoms with Crippen LogP contribution < -0.4 is 10.5 Å². The average molecular weight is 411 g/mol. The van der Waals surface area contributed by atoms with Crippen LogP contribution in [0.4, 0.5) is 0 Å². The Kier molecular flexibility index (Phi) is 3.78. The number of hydrogen-bond donors (Lipinski definition) is 1. The molecule has 2 aliphatic rings. The number of aliphatic imine (C=N–C) groups is 1. The van der Waals surface area contributed by atoms with Gasteiger partial charge in [0.25, 0.3) is 0 Å². The summed E-state index contributed by atoms with van der Waals surface area (Å²) in [6.45, 7) is 0. The van der Waals surface area contributed by atoms with Gasteiger partial charge in [0.05, 0.1) is 11.9 Å². The maximum absolute atomic E-state index is 6.16. The Morgan fingerprint density at radius 1 is 1.26 bits per heavy atom. The van der Waals surface area contributed by atoms with Crippen molar-refractivity contribution >= 4 is 45.1 Å². The predicted molar refractivity (Wildman–Crippen MR) is 97.8 cm³/mol. The normalized spacial score (nSPS) is 22.6. The maximum atomic E-state index is 6.16. The van der Waals surface area contributed by atoms with Gasteiger partial charge in [-0.15, -0.1) is 0 Å². The summed E-state index contributed by atoms with van der Waals surface area (Å²) in [7, 11) is 0. The van der Waals surface area contributed by atoms with E-state index in [1.807, 2.05) is 18.2 Å². The van der Waals surface area contributed by atoms with E-state index in [4.69, 9.17) is 27.1 Å². The number of halogens is 2. The molecule has 0 bridgehead atoms. The van der Waals surface area contributed by atoms with Crippen LogP contribution in [-0.2, 0) is 5.54 Å². The van der Waals surface area contributed by atoms with Crippen molar-refractivity contribution in [3.05, 3.63) is 51.2 Å². The molecule has 1 aromatic heterocycles. The smallest absolute Gasteiger partial charge is 0.151 e. The molecular formula is C16H13BrClN3OS. The SMILES string of the molecule is NC1=N[C@@]2(CCSC1)c1cc(Br)ccc1Oc1cnc(Cl)cc12. The number of nitrogens with two attached hydrogens (primary N) is 1. The number of hydrogen-bond acceptors (Lipinski definition) is 5. The lowest BCUT2D eigenvalue weighted by Gasteiger charge is -2.36. The fourth-order valence-electron chi connectivity index (χ4n) is 3.12. The molecule has 0 fully saturated rings. The van der Waals surface area contributed by atoms with E-state index in [2.05, 4.69) is 27.0 Å². The number of pyridine rings is 1. The van der Waals surface area contributed by atoms with Gasteiger partial charge in [-0.2, -0.15) is 11.8 Å². The monoisotopic (exact) mass is 409 g/mol. The molecule has 0 amide bonds. The van der Waals surface area contributed by atoms with Gasteiger partial charge in [-0.05, 0) is 36.4 Å². The zero-order valence-corrected chi connectivity index (χ0v) is 15.2. The molecule has 23 heavy (non-hydrogen) atoms. The second kappa shape index (κ2) is 5.69. The highest BCUT2D eigenvalue weighted by molar-refractivity contribution is 9.10. The van der Waals surface area contributed by atoms with Crippen molar-refractivity contribution in [3.63, 3.8) is 0 Å². The molecule has 7 heteroatoms. The maximum Gasteiger partial charge on any atom is 0.151 e. The summed E-state index contributed by atoms with van der Waals surface area (Å²) in [5.41, 5.74) is 7.51. The van der Waals surface area contributed by atoms with Crippen LogP contribution in [0, 0.1) is 0 Å². The number of benzene rings is 1. The van der Waals surface area contributed by atoms with Gasteiger partial charge in [0.2, 0.25) is 0 Å². The molecule has 3 heterocycles. The van der Waals surface area contributed by atoms with Crippen molar-refractivity contribution in [2.24, 2.45) is 10.7 Å². The molecule has 1 atom stereocenters. The minimum atomic E-state index is -0.577. The first kappa shape index (κ1) is 15.3. The first-order valence-corrected chi connectivity index (χ1v) is 9.47. The number of nitrogens with zero attached hydrogens (tertiary/aromatic N) is 2. The Morgan fingerprint density at radius 3 is 2.96 bits per heavy atom. The second-order valence-electron chi connectivity index (χ2n) is 5.51. The van der Waals surface area contributed by atoms with Crippen molar-refractivity contribution in [3.8, 4) is 11.5 Å². The van der Waals surface area contributed by atoms with Crippen molar-refractivity contribution in [1.29, 1.82) is 0 Å². The number of amidine groups is 1. The predicted octanol–water partition coefficient (Wildman–Crippen LogP) is 4.34. The Balaban J connectivity index is 2.05. The zero-order chi connectivity index (χ0) is 16.0. The van der Waals surface area contributed by atoms with E-state index in [0.717, 1.165) is 39.3 Å². The van der Waals surface area contributed by atoms with E-state index in [0.29, 0.717) is 16.7 Å². The van der Waals surface area contributed by atoms with E-state index in [-0.39, 0.29) is 0 Å². The Hall–Kier alpha value is -1.24. The summed E-state index contributed by atoms with van der Waals surface area (Å²) in [5, 5.41) is 0.427. The van der Waals surface area contributed by atoms with E-state index in [1.165, 1.54) is 0 Å². The molecule has 1 aromatic carbocycles. The molecule has 2 N–H and O–H groups in total. The van der Waals surface area contributed by atoms with Gasteiger partial charge >= 0.3 is 0 Å². The zero-order valence-electron chi connectivity index (χ0n) is 12.1. The standard InChI is InChI=1S/C16H13BrClN3OS/c17-9-1-2-12-10(5-9)16(3-4-23-8-15(19)21-16)11-6-14(18)20-7-13(11)22-12/h1-2,5-7H,3-4,8H2,(H2,19,21)/t16-/m0/s1. The fraction of sp³-hybridized carbons (Fsp3) is 0.250. The van der Waals surface area contributed by atoms with Gasteiger partial charge in [-0.25, -0.2) is 4.98 Å². The number of aromatic nitrogens is 1. The van der Waals surface area contributed by atoms with Gasteiger partial charge < -0.3 is 10.5 Å². The number of ether oxygens (including phenoxy) is 1. The molecule has 4 rings (SSSR count). The Morgan fingerprint density at radius 2 is 2.09 bits per heavy atom. The average Bonchev–Trinajstić information content (AvgIpc) is 2.72. The first-order chi connectivity index (χ1) is 11.1. The van der Waals surface area contributed by atoms with Gasteiger partial charge in [0.15, 0.2) is 5.75 Å². The molecule has 0 saturated carbocycles. The van der Waals surface area contributed by atoms with Gasteiger partial charge in [-0.1, -0.05) is 27.5 Å². The third-order valence-electron chi connectivity index (χ3n) is 4.08. The third-order valence-corrected chi connectivity index (χ3v) is 5.77. The molecule has 0 radical (unpaired) electrons. The van der Waals surface area contributed by atoms with Crippen molar-refractivity contribution in [2.45, 2.75) is 12.0 Å². The van der Waals surface area contributed by atoms with Crippen LogP contribution >= 0.6 is 39.3 Å². The van der Waals surface area contributed by atoms with Crippen molar-refractivity contribution in [1.82, 2.24) is 4.98 Å². The second-order valence-corrected chi connectivity index (χ2v) is 7.92. The van der Waals surface area contributed by atoms with E-state index in [1.54, 1.807) is 18.0 Å². The highest BCUT2D eigenvalue weighted by atomic mass is 79.9. The molecule has 0 aliphatic carbocycles. The summed E-state index contributed by atoms with van der Waals surface area (Å²) >= 11 is 11.5. The van der Waals surface area contributed by atoms with Crippen molar-refractivity contribution in [2.75, 3.05) is 11.5 Å². The largest absolute Gasteiger partial charge is 0.455 e. The molecular weight excluding hydrogens is 398 g/mol. The Bertz CT molecular complexity index is 775. The summed E-state index contributed by atoms with van der Waals surface area (Å²) in [6, 6.07) is 7.80. The third kappa shape index (κ3) is 2.53. The molecule has 2 aromatic rings. The molecule has 118 valence electrons. The van der Waals surface area contributed by atoms with E-state index in [9.17, 15) is 0 Å². The van der Waals surface area contributed by atoms with E-state index < -0.39 is 5.54 Å². The molecule has 0 unspecified atom stereocenters. The molecule has 0 saturated heterocycles. The highest BCUT2D eigenvalue weighted by Gasteiger charge is 2.43. The first-order valence-electron chi connectivity index (χ1n) is 7.14. The van der Waals surface area contributed by atoms with Crippen molar-refractivity contribution < 1.29 is 4.74 Å². The van der Waals surface area contributed by atoms with Crippen LogP contribution in [0.1, 0.15) is 17.5 Å². The van der Waals surface area contributed by atoms with Crippen LogP contribution in [0.15, 0.2) is 39.9 Å². The van der Waals surface area contributed by atoms with Crippen LogP contribution in [0.25, 0.3) is 0 Å². The van der Waals surface area contributed by atoms with E-state index >= 15 is 0 Å². The van der Waals surface area contributed by atoms with Crippen LogP contribution in [0.3, 0.4) is 0 Å². The van der Waals surface area contributed by atoms with Gasteiger partial charge in [0, 0.05) is 15.6 Å². The lowest BCUT2D eigenvalue weighted by atomic mass is 9.79. The summed E-state index contributed by atoms with van der Waals surface area (Å²) < 4.78 is 7.01. The minimum absolute atomic E-state index is 0.427. The quantitative estimate of drug-likeness (QED) is 0.656. The lowest BCUT2D eigenvalue weighted by Crippen LogP contribution is -2.32. The number of fused-ring (bicyclic) bond motifs is 4.